The Morgan fingerprint density at radius 3 is 2.14 bits per heavy atom. The summed E-state index contributed by atoms with van der Waals surface area (Å²) in [5.41, 5.74) is 0.219. The first kappa shape index (κ1) is 22.2. The van der Waals surface area contributed by atoms with E-state index < -0.39 is 30.9 Å². The van der Waals surface area contributed by atoms with Crippen molar-refractivity contribution in [1.29, 1.82) is 0 Å². The lowest BCUT2D eigenvalue weighted by Crippen LogP contribution is -2.17. The quantitative estimate of drug-likeness (QED) is 0.514. The number of anilines is 1. The van der Waals surface area contributed by atoms with Gasteiger partial charge in [0.1, 0.15) is 21.3 Å². The normalized spacial score (nSPS) is 12.0. The van der Waals surface area contributed by atoms with Crippen LogP contribution in [0.3, 0.4) is 0 Å². The maximum Gasteiger partial charge on any atom is 0.328 e. The van der Waals surface area contributed by atoms with Crippen molar-refractivity contribution in [1.82, 2.24) is 0 Å². The van der Waals surface area contributed by atoms with Crippen LogP contribution in [-0.4, -0.2) is 42.1 Å². The number of ether oxygens (including phenoxy) is 2. The number of nitrogens with two attached hydrogens (primary N) is 1. The fourth-order valence-electron chi connectivity index (χ4n) is 2.35. The SMILES string of the molecule is COc1ccc(NS(=O)(=O)c2cc(/C=C/C(=O)O)ccc2OC)cc1S(N)(=O)=O. The van der Waals surface area contributed by atoms with Gasteiger partial charge in [-0.2, -0.15) is 0 Å². The zero-order valence-electron chi connectivity index (χ0n) is 15.3. The van der Waals surface area contributed by atoms with Gasteiger partial charge in [0.05, 0.1) is 19.9 Å². The number of benzene rings is 2. The number of methoxy groups -OCH3 is 2. The minimum absolute atomic E-state index is 0.00477. The third-order valence-electron chi connectivity index (χ3n) is 3.62. The topological polar surface area (TPSA) is 162 Å². The summed E-state index contributed by atoms with van der Waals surface area (Å²) in [6.07, 6.45) is 2.07. The number of sulfonamides is 2. The van der Waals surface area contributed by atoms with Crippen molar-refractivity contribution < 1.29 is 36.2 Å². The molecule has 4 N–H and O–H groups in total. The highest BCUT2D eigenvalue weighted by atomic mass is 32.2. The van der Waals surface area contributed by atoms with E-state index in [-0.39, 0.29) is 22.1 Å². The summed E-state index contributed by atoms with van der Waals surface area (Å²) in [6, 6.07) is 7.62. The van der Waals surface area contributed by atoms with E-state index in [4.69, 9.17) is 19.7 Å². The molecule has 0 spiro atoms. The summed E-state index contributed by atoms with van der Waals surface area (Å²) in [7, 11) is -5.89. The van der Waals surface area contributed by atoms with Crippen molar-refractivity contribution >= 4 is 37.8 Å². The monoisotopic (exact) mass is 442 g/mol. The molecule has 0 saturated heterocycles. The largest absolute Gasteiger partial charge is 0.495 e. The van der Waals surface area contributed by atoms with E-state index in [1.54, 1.807) is 0 Å². The van der Waals surface area contributed by atoms with Crippen LogP contribution in [-0.2, 0) is 24.8 Å². The minimum atomic E-state index is -4.23. The van der Waals surface area contributed by atoms with Gasteiger partial charge in [-0.3, -0.25) is 4.72 Å². The Hall–Kier alpha value is -3.09. The molecule has 0 saturated carbocycles. The molecule has 0 amide bonds. The Kier molecular flexibility index (Phi) is 6.51. The van der Waals surface area contributed by atoms with Crippen LogP contribution in [0.2, 0.25) is 0 Å². The molecular weight excluding hydrogens is 424 g/mol. The third kappa shape index (κ3) is 5.47. The van der Waals surface area contributed by atoms with E-state index in [0.29, 0.717) is 5.56 Å². The van der Waals surface area contributed by atoms with Crippen molar-refractivity contribution in [2.24, 2.45) is 5.14 Å². The summed E-state index contributed by atoms with van der Waals surface area (Å²) < 4.78 is 61.4. The van der Waals surface area contributed by atoms with Gasteiger partial charge in [-0.1, -0.05) is 6.07 Å². The highest BCUT2D eigenvalue weighted by molar-refractivity contribution is 7.92. The van der Waals surface area contributed by atoms with Gasteiger partial charge in [0.25, 0.3) is 10.0 Å². The van der Waals surface area contributed by atoms with E-state index in [9.17, 15) is 21.6 Å². The molecule has 0 unspecified atom stereocenters. The lowest BCUT2D eigenvalue weighted by Gasteiger charge is -2.14. The molecule has 0 fully saturated rings. The second kappa shape index (κ2) is 8.51. The molecule has 156 valence electrons. The van der Waals surface area contributed by atoms with Crippen LogP contribution >= 0.6 is 0 Å². The van der Waals surface area contributed by atoms with E-state index in [0.717, 1.165) is 12.1 Å². The maximum absolute atomic E-state index is 12.8. The van der Waals surface area contributed by atoms with Crippen LogP contribution in [0.1, 0.15) is 5.56 Å². The first-order chi connectivity index (χ1) is 13.5. The molecule has 2 aromatic rings. The lowest BCUT2D eigenvalue weighted by molar-refractivity contribution is -0.131. The molecular formula is C17H18N2O8S2. The van der Waals surface area contributed by atoms with E-state index in [2.05, 4.69) is 4.72 Å². The highest BCUT2D eigenvalue weighted by Crippen LogP contribution is 2.30. The van der Waals surface area contributed by atoms with Crippen LogP contribution in [0.5, 0.6) is 11.5 Å². The number of rotatable bonds is 8. The van der Waals surface area contributed by atoms with E-state index >= 15 is 0 Å². The smallest absolute Gasteiger partial charge is 0.328 e. The van der Waals surface area contributed by atoms with Gasteiger partial charge < -0.3 is 14.6 Å². The Bertz CT molecular complexity index is 1170. The average Bonchev–Trinajstić information content (AvgIpc) is 2.65. The van der Waals surface area contributed by atoms with Crippen molar-refractivity contribution in [2.75, 3.05) is 18.9 Å². The molecule has 12 heteroatoms. The van der Waals surface area contributed by atoms with Gasteiger partial charge in [0, 0.05) is 6.08 Å². The standard InChI is InChI=1S/C17H18N2O8S2/c1-26-13-7-5-12(10-15(13)28(18,22)23)19-29(24,25)16-9-11(4-8-17(20)21)3-6-14(16)27-2/h3-10,19H,1-2H3,(H,20,21)(H2,18,22,23)/b8-4+. The van der Waals surface area contributed by atoms with Gasteiger partial charge in [-0.25, -0.2) is 26.8 Å². The number of carboxylic acids is 1. The van der Waals surface area contributed by atoms with Gasteiger partial charge in [0.15, 0.2) is 0 Å². The van der Waals surface area contributed by atoms with Crippen molar-refractivity contribution in [3.63, 3.8) is 0 Å². The summed E-state index contributed by atoms with van der Waals surface area (Å²) in [5, 5.41) is 13.9. The highest BCUT2D eigenvalue weighted by Gasteiger charge is 2.22. The molecule has 0 aromatic heterocycles. The molecule has 0 aliphatic heterocycles. The molecule has 0 radical (unpaired) electrons. The average molecular weight is 442 g/mol. The Balaban J connectivity index is 2.51. The lowest BCUT2D eigenvalue weighted by atomic mass is 10.2. The van der Waals surface area contributed by atoms with Crippen LogP contribution in [0.4, 0.5) is 5.69 Å². The van der Waals surface area contributed by atoms with Crippen molar-refractivity contribution in [2.45, 2.75) is 9.79 Å². The van der Waals surface area contributed by atoms with Crippen LogP contribution in [0.25, 0.3) is 6.08 Å². The molecule has 2 rings (SSSR count). The Labute approximate surface area is 167 Å². The number of primary sulfonamides is 1. The first-order valence-corrected chi connectivity index (χ1v) is 10.8. The van der Waals surface area contributed by atoms with E-state index in [1.807, 2.05) is 0 Å². The number of hydrogen-bond donors (Lipinski definition) is 3. The van der Waals surface area contributed by atoms with Crippen molar-refractivity contribution in [3.8, 4) is 11.5 Å². The zero-order chi connectivity index (χ0) is 21.8. The molecule has 10 nitrogen and oxygen atoms in total. The maximum atomic E-state index is 12.8. The fraction of sp³-hybridized carbons (Fsp3) is 0.118. The summed E-state index contributed by atoms with van der Waals surface area (Å²) in [5.74, 6) is -1.24. The molecule has 2 aromatic carbocycles. The van der Waals surface area contributed by atoms with Gasteiger partial charge >= 0.3 is 5.97 Å². The van der Waals surface area contributed by atoms with Crippen LogP contribution in [0.15, 0.2) is 52.3 Å². The number of aliphatic carboxylic acids is 1. The fourth-order valence-corrected chi connectivity index (χ4v) is 4.32. The minimum Gasteiger partial charge on any atom is -0.495 e. The molecule has 0 aliphatic rings. The van der Waals surface area contributed by atoms with Crippen LogP contribution < -0.4 is 19.3 Å². The molecule has 0 heterocycles. The number of nitrogens with one attached hydrogen (secondary N) is 1. The molecule has 0 bridgehead atoms. The number of hydrogen-bond acceptors (Lipinski definition) is 7. The summed E-state index contributed by atoms with van der Waals surface area (Å²) in [6.45, 7) is 0. The second-order valence-electron chi connectivity index (χ2n) is 5.60. The van der Waals surface area contributed by atoms with Gasteiger partial charge in [-0.05, 0) is 42.0 Å². The van der Waals surface area contributed by atoms with Crippen LogP contribution in [0, 0.1) is 0 Å². The Morgan fingerprint density at radius 2 is 1.59 bits per heavy atom. The number of carboxylic acid groups (broad SMARTS) is 1. The van der Waals surface area contributed by atoms with Gasteiger partial charge in [-0.15, -0.1) is 0 Å². The molecule has 0 atom stereocenters. The Morgan fingerprint density at radius 1 is 1.00 bits per heavy atom. The van der Waals surface area contributed by atoms with E-state index in [1.165, 1.54) is 50.6 Å². The van der Waals surface area contributed by atoms with Crippen molar-refractivity contribution in [3.05, 3.63) is 48.0 Å². The predicted octanol–water partition coefficient (Wildman–Crippen LogP) is 1.25. The molecule has 0 aliphatic carbocycles. The molecule has 29 heavy (non-hydrogen) atoms. The third-order valence-corrected chi connectivity index (χ3v) is 5.95. The first-order valence-electron chi connectivity index (χ1n) is 7.80. The second-order valence-corrected chi connectivity index (χ2v) is 8.78. The predicted molar refractivity (Wildman–Crippen MR) is 105 cm³/mol. The van der Waals surface area contributed by atoms with Gasteiger partial charge in [0.2, 0.25) is 10.0 Å². The summed E-state index contributed by atoms with van der Waals surface area (Å²) >= 11 is 0. The number of carbonyl (C=O) groups is 1. The summed E-state index contributed by atoms with van der Waals surface area (Å²) in [4.78, 5) is 10.00. The zero-order valence-corrected chi connectivity index (χ0v) is 17.0.